The van der Waals surface area contributed by atoms with Crippen LogP contribution in [0, 0.1) is 0 Å². The first kappa shape index (κ1) is 13.5. The molecule has 2 rings (SSSR count). The number of nitrogens with zero attached hydrogens (tertiary/aromatic N) is 1. The molecule has 17 heavy (non-hydrogen) atoms. The van der Waals surface area contributed by atoms with Crippen LogP contribution in [0.25, 0.3) is 0 Å². The zero-order valence-corrected chi connectivity index (χ0v) is 12.8. The summed E-state index contributed by atoms with van der Waals surface area (Å²) in [5, 5.41) is 3.38. The molecule has 0 radical (unpaired) electrons. The van der Waals surface area contributed by atoms with E-state index in [1.807, 2.05) is 0 Å². The van der Waals surface area contributed by atoms with Crippen LogP contribution in [-0.2, 0) is 0 Å². The van der Waals surface area contributed by atoms with E-state index in [0.717, 1.165) is 30.0 Å². The lowest BCUT2D eigenvalue weighted by molar-refractivity contribution is 0.0810. The smallest absolute Gasteiger partial charge is 0.0702 e. The molecule has 1 unspecified atom stereocenters. The summed E-state index contributed by atoms with van der Waals surface area (Å²) in [5.41, 5.74) is 6.45. The molecule has 1 saturated heterocycles. The third-order valence-corrected chi connectivity index (χ3v) is 5.30. The number of nitrogens with one attached hydrogen (secondary N) is 1. The normalized spacial score (nSPS) is 20.5. The van der Waals surface area contributed by atoms with Crippen LogP contribution in [0.2, 0.25) is 0 Å². The Hall–Kier alpha value is 0.0600. The molecule has 1 aliphatic rings. The molecule has 3 nitrogen and oxygen atoms in total. The topological polar surface area (TPSA) is 41.3 Å². The van der Waals surface area contributed by atoms with Crippen LogP contribution < -0.4 is 11.1 Å². The highest BCUT2D eigenvalue weighted by molar-refractivity contribution is 9.11. The maximum absolute atomic E-state index is 6.44. The number of hydrogen-bond donors (Lipinski definition) is 2. The second kappa shape index (κ2) is 5.36. The molecule has 0 aromatic carbocycles. The van der Waals surface area contributed by atoms with Crippen molar-refractivity contribution < 1.29 is 0 Å². The van der Waals surface area contributed by atoms with Crippen LogP contribution in [-0.4, -0.2) is 36.6 Å². The van der Waals surface area contributed by atoms with E-state index in [9.17, 15) is 0 Å². The Labute approximate surface area is 116 Å². The number of thiophene rings is 1. The Morgan fingerprint density at radius 1 is 1.41 bits per heavy atom. The molecule has 1 aromatic heterocycles. The average molecular weight is 318 g/mol. The predicted molar refractivity (Wildman–Crippen MR) is 77.5 cm³/mol. The molecule has 0 amide bonds. The van der Waals surface area contributed by atoms with Gasteiger partial charge >= 0.3 is 0 Å². The first-order chi connectivity index (χ1) is 8.01. The molecule has 0 spiro atoms. The van der Waals surface area contributed by atoms with Crippen molar-refractivity contribution in [1.29, 1.82) is 0 Å². The zero-order valence-electron chi connectivity index (χ0n) is 10.4. The van der Waals surface area contributed by atoms with Gasteiger partial charge in [-0.2, -0.15) is 0 Å². The van der Waals surface area contributed by atoms with Gasteiger partial charge in [-0.15, -0.1) is 11.3 Å². The van der Waals surface area contributed by atoms with Crippen LogP contribution in [0.3, 0.4) is 0 Å². The predicted octanol–water partition coefficient (Wildman–Crippen LogP) is 2.19. The Morgan fingerprint density at radius 3 is 2.59 bits per heavy atom. The van der Waals surface area contributed by atoms with Crippen molar-refractivity contribution in [3.05, 3.63) is 20.8 Å². The number of nitrogens with two attached hydrogens (primary N) is 1. The van der Waals surface area contributed by atoms with E-state index >= 15 is 0 Å². The molecular formula is C12H20BrN3S. The molecular weight excluding hydrogens is 298 g/mol. The van der Waals surface area contributed by atoms with Crippen LogP contribution in [0.5, 0.6) is 0 Å². The maximum atomic E-state index is 6.44. The first-order valence-corrected chi connectivity index (χ1v) is 7.59. The van der Waals surface area contributed by atoms with E-state index in [0.29, 0.717) is 0 Å². The molecule has 3 N–H and O–H groups in total. The molecule has 1 aliphatic heterocycles. The van der Waals surface area contributed by atoms with Gasteiger partial charge in [-0.3, -0.25) is 4.90 Å². The van der Waals surface area contributed by atoms with Crippen LogP contribution >= 0.6 is 27.3 Å². The van der Waals surface area contributed by atoms with Crippen molar-refractivity contribution >= 4 is 27.3 Å². The van der Waals surface area contributed by atoms with E-state index in [1.54, 1.807) is 11.3 Å². The first-order valence-electron chi connectivity index (χ1n) is 5.98. The third-order valence-electron chi connectivity index (χ3n) is 3.59. The quantitative estimate of drug-likeness (QED) is 0.898. The summed E-state index contributed by atoms with van der Waals surface area (Å²) >= 11 is 5.24. The van der Waals surface area contributed by atoms with Crippen LogP contribution in [0.1, 0.15) is 24.8 Å². The second-order valence-electron chi connectivity index (χ2n) is 5.01. The monoisotopic (exact) mass is 317 g/mol. The Balaban J connectivity index is 2.13. The van der Waals surface area contributed by atoms with Gasteiger partial charge in [0.2, 0.25) is 0 Å². The lowest BCUT2D eigenvalue weighted by Gasteiger charge is -2.44. The second-order valence-corrected chi connectivity index (χ2v) is 7.50. The van der Waals surface area contributed by atoms with Crippen molar-refractivity contribution in [1.82, 2.24) is 10.2 Å². The summed E-state index contributed by atoms with van der Waals surface area (Å²) < 4.78 is 1.15. The fourth-order valence-electron chi connectivity index (χ4n) is 2.28. The standard InChI is InChI=1S/C12H20BrN3S/c1-12(2,16-7-5-15-6-8-16)11(14)9-3-4-10(13)17-9/h3-4,11,15H,5-8,14H2,1-2H3. The van der Waals surface area contributed by atoms with E-state index in [1.165, 1.54) is 4.88 Å². The summed E-state index contributed by atoms with van der Waals surface area (Å²) in [6.45, 7) is 8.77. The van der Waals surface area contributed by atoms with Crippen LogP contribution in [0.15, 0.2) is 15.9 Å². The summed E-state index contributed by atoms with van der Waals surface area (Å²) in [7, 11) is 0. The lowest BCUT2D eigenvalue weighted by Crippen LogP contribution is -2.57. The molecule has 0 bridgehead atoms. The van der Waals surface area contributed by atoms with Crippen molar-refractivity contribution in [2.75, 3.05) is 26.2 Å². The molecule has 96 valence electrons. The fourth-order valence-corrected chi connectivity index (χ4v) is 3.89. The summed E-state index contributed by atoms with van der Waals surface area (Å²) in [5.74, 6) is 0. The summed E-state index contributed by atoms with van der Waals surface area (Å²) in [4.78, 5) is 3.74. The molecule has 1 aromatic rings. The van der Waals surface area contributed by atoms with Gasteiger partial charge < -0.3 is 11.1 Å². The van der Waals surface area contributed by atoms with Gasteiger partial charge in [0, 0.05) is 36.6 Å². The number of piperazine rings is 1. The van der Waals surface area contributed by atoms with E-state index in [-0.39, 0.29) is 11.6 Å². The van der Waals surface area contributed by atoms with Crippen molar-refractivity contribution in [2.45, 2.75) is 25.4 Å². The average Bonchev–Trinajstić information content (AvgIpc) is 2.76. The molecule has 0 aliphatic carbocycles. The van der Waals surface area contributed by atoms with Crippen molar-refractivity contribution in [3.8, 4) is 0 Å². The highest BCUT2D eigenvalue weighted by Crippen LogP contribution is 2.34. The van der Waals surface area contributed by atoms with E-state index in [4.69, 9.17) is 5.73 Å². The Bertz CT molecular complexity index is 372. The minimum atomic E-state index is 0.00634. The fraction of sp³-hybridized carbons (Fsp3) is 0.667. The molecule has 1 atom stereocenters. The van der Waals surface area contributed by atoms with Gasteiger partial charge in [0.15, 0.2) is 0 Å². The van der Waals surface area contributed by atoms with Crippen molar-refractivity contribution in [3.63, 3.8) is 0 Å². The summed E-state index contributed by atoms with van der Waals surface area (Å²) in [6, 6.07) is 4.27. The van der Waals surface area contributed by atoms with Crippen molar-refractivity contribution in [2.24, 2.45) is 5.73 Å². The number of halogens is 1. The highest BCUT2D eigenvalue weighted by atomic mass is 79.9. The highest BCUT2D eigenvalue weighted by Gasteiger charge is 2.35. The Kier molecular flexibility index (Phi) is 4.26. The zero-order chi connectivity index (χ0) is 12.5. The molecule has 2 heterocycles. The van der Waals surface area contributed by atoms with Gasteiger partial charge in [0.05, 0.1) is 9.83 Å². The van der Waals surface area contributed by atoms with E-state index in [2.05, 4.69) is 52.1 Å². The maximum Gasteiger partial charge on any atom is 0.0702 e. The third kappa shape index (κ3) is 2.90. The van der Waals surface area contributed by atoms with E-state index < -0.39 is 0 Å². The van der Waals surface area contributed by atoms with Gasteiger partial charge in [-0.1, -0.05) is 0 Å². The SMILES string of the molecule is CC(C)(C(N)c1ccc(Br)s1)N1CCNCC1. The minimum absolute atomic E-state index is 0.00634. The summed E-state index contributed by atoms with van der Waals surface area (Å²) in [6.07, 6.45) is 0. The molecule has 1 fully saturated rings. The molecule has 5 heteroatoms. The lowest BCUT2D eigenvalue weighted by atomic mass is 9.91. The van der Waals surface area contributed by atoms with Crippen LogP contribution in [0.4, 0.5) is 0 Å². The minimum Gasteiger partial charge on any atom is -0.322 e. The van der Waals surface area contributed by atoms with Gasteiger partial charge in [-0.25, -0.2) is 0 Å². The largest absolute Gasteiger partial charge is 0.322 e. The Morgan fingerprint density at radius 2 is 2.06 bits per heavy atom. The van der Waals surface area contributed by atoms with Gasteiger partial charge in [-0.05, 0) is 41.9 Å². The molecule has 0 saturated carbocycles. The van der Waals surface area contributed by atoms with Gasteiger partial charge in [0.25, 0.3) is 0 Å². The number of rotatable bonds is 3. The number of hydrogen-bond acceptors (Lipinski definition) is 4. The van der Waals surface area contributed by atoms with Gasteiger partial charge in [0.1, 0.15) is 0 Å².